The van der Waals surface area contributed by atoms with Crippen LogP contribution in [0, 0.1) is 0 Å². The van der Waals surface area contributed by atoms with Gasteiger partial charge in [0, 0.05) is 23.4 Å². The van der Waals surface area contributed by atoms with Gasteiger partial charge in [-0.15, -0.1) is 0 Å². The Kier molecular flexibility index (Phi) is 9.66. The highest BCUT2D eigenvalue weighted by atomic mass is 32.1. The molecule has 6 rings (SSSR count). The number of aromatic nitrogens is 1. The predicted molar refractivity (Wildman–Crippen MR) is 182 cm³/mol. The van der Waals surface area contributed by atoms with Crippen molar-refractivity contribution in [2.45, 2.75) is 51.0 Å². The molecule has 0 aliphatic heterocycles. The Bertz CT molecular complexity index is 1660. The van der Waals surface area contributed by atoms with Crippen molar-refractivity contribution in [1.82, 2.24) is 10.3 Å². The lowest BCUT2D eigenvalue weighted by molar-refractivity contribution is -0.136. The minimum absolute atomic E-state index is 0.0953. The quantitative estimate of drug-likeness (QED) is 0.155. The molecule has 0 saturated heterocycles. The van der Waals surface area contributed by atoms with Crippen molar-refractivity contribution in [3.05, 3.63) is 126 Å². The smallest absolute Gasteiger partial charge is 0.305 e. The maximum atomic E-state index is 12.6. The lowest BCUT2D eigenvalue weighted by Gasteiger charge is -2.25. The molecule has 5 aromatic rings. The topological polar surface area (TPSA) is 82.5 Å². The molecule has 1 saturated carbocycles. The molecule has 7 heteroatoms. The zero-order chi connectivity index (χ0) is 31.0. The van der Waals surface area contributed by atoms with Crippen LogP contribution in [-0.4, -0.2) is 28.5 Å². The number of amides is 1. The second kappa shape index (κ2) is 14.4. The maximum absolute atomic E-state index is 12.6. The molecule has 4 aromatic carbocycles. The molecular weight excluding hydrogens is 579 g/mol. The number of hydrogen-bond donors (Lipinski definition) is 2. The number of carbonyl (C=O) groups is 2. The molecule has 1 aliphatic rings. The van der Waals surface area contributed by atoms with Gasteiger partial charge in [0.25, 0.3) is 5.91 Å². The summed E-state index contributed by atoms with van der Waals surface area (Å²) < 4.78 is 0. The summed E-state index contributed by atoms with van der Waals surface area (Å²) in [7, 11) is 0. The summed E-state index contributed by atoms with van der Waals surface area (Å²) >= 11 is 1.68. The molecule has 0 atom stereocenters. The number of thiazole rings is 1. The Morgan fingerprint density at radius 1 is 0.800 bits per heavy atom. The molecule has 0 bridgehead atoms. The number of anilines is 2. The van der Waals surface area contributed by atoms with Gasteiger partial charge < -0.3 is 15.3 Å². The monoisotopic (exact) mass is 615 g/mol. The predicted octanol–water partition coefficient (Wildman–Crippen LogP) is 9.07. The van der Waals surface area contributed by atoms with E-state index in [1.165, 1.54) is 37.7 Å². The van der Waals surface area contributed by atoms with E-state index >= 15 is 0 Å². The number of nitrogens with zero attached hydrogens (tertiary/aromatic N) is 2. The van der Waals surface area contributed by atoms with E-state index in [9.17, 15) is 9.59 Å². The molecule has 0 unspecified atom stereocenters. The van der Waals surface area contributed by atoms with Crippen LogP contribution in [0.3, 0.4) is 0 Å². The summed E-state index contributed by atoms with van der Waals surface area (Å²) in [4.78, 5) is 32.0. The van der Waals surface area contributed by atoms with Crippen LogP contribution in [0.25, 0.3) is 21.7 Å². The molecule has 228 valence electrons. The van der Waals surface area contributed by atoms with Crippen molar-refractivity contribution < 1.29 is 14.7 Å². The molecule has 6 nitrogen and oxygen atoms in total. The molecule has 45 heavy (non-hydrogen) atoms. The fourth-order valence-corrected chi connectivity index (χ4v) is 7.08. The molecule has 1 amide bonds. The third kappa shape index (κ3) is 7.49. The maximum Gasteiger partial charge on any atom is 0.305 e. The number of carboxylic acid groups (broad SMARTS) is 1. The van der Waals surface area contributed by atoms with E-state index in [0.29, 0.717) is 18.0 Å². The van der Waals surface area contributed by atoms with Gasteiger partial charge in [0.05, 0.1) is 23.5 Å². The molecule has 1 heterocycles. The normalized spacial score (nSPS) is 13.3. The van der Waals surface area contributed by atoms with Crippen molar-refractivity contribution in [2.75, 3.05) is 11.4 Å². The average molecular weight is 616 g/mol. The third-order valence-electron chi connectivity index (χ3n) is 8.39. The first-order valence-electron chi connectivity index (χ1n) is 15.6. The second-order valence-electron chi connectivity index (χ2n) is 11.5. The summed E-state index contributed by atoms with van der Waals surface area (Å²) in [6.07, 6.45) is 6.34. The van der Waals surface area contributed by atoms with Gasteiger partial charge in [0.1, 0.15) is 0 Å². The number of aliphatic carboxylic acids is 1. The Balaban J connectivity index is 1.34. The lowest BCUT2D eigenvalue weighted by atomic mass is 9.84. The molecule has 1 aliphatic carbocycles. The molecular formula is C38H37N3O3S. The van der Waals surface area contributed by atoms with Gasteiger partial charge in [-0.25, -0.2) is 4.98 Å². The summed E-state index contributed by atoms with van der Waals surface area (Å²) in [5.74, 6) is -0.590. The van der Waals surface area contributed by atoms with Gasteiger partial charge in [-0.3, -0.25) is 9.59 Å². The number of hydrogen-bond acceptors (Lipinski definition) is 5. The van der Waals surface area contributed by atoms with Gasteiger partial charge in [-0.05, 0) is 59.7 Å². The fraction of sp³-hybridized carbons (Fsp3) is 0.237. The largest absolute Gasteiger partial charge is 0.481 e. The van der Waals surface area contributed by atoms with Crippen LogP contribution in [0.15, 0.2) is 109 Å². The van der Waals surface area contributed by atoms with Crippen molar-refractivity contribution in [3.8, 4) is 21.7 Å². The second-order valence-corrected chi connectivity index (χ2v) is 12.5. The highest BCUT2D eigenvalue weighted by Crippen LogP contribution is 2.43. The Labute approximate surface area is 268 Å². The van der Waals surface area contributed by atoms with Crippen molar-refractivity contribution in [1.29, 1.82) is 0 Å². The summed E-state index contributed by atoms with van der Waals surface area (Å²) in [6.45, 7) is 0.664. The van der Waals surface area contributed by atoms with Crippen LogP contribution in [0.4, 0.5) is 10.8 Å². The summed E-state index contributed by atoms with van der Waals surface area (Å²) in [6, 6.07) is 37.3. The number of benzene rings is 4. The zero-order valence-electron chi connectivity index (χ0n) is 25.2. The Hall–Kier alpha value is -4.75. The molecule has 0 radical (unpaired) electrons. The van der Waals surface area contributed by atoms with E-state index in [1.807, 2.05) is 36.4 Å². The zero-order valence-corrected chi connectivity index (χ0v) is 26.0. The average Bonchev–Trinajstić information content (AvgIpc) is 3.54. The highest BCUT2D eigenvalue weighted by Gasteiger charge is 2.22. The Morgan fingerprint density at radius 2 is 1.44 bits per heavy atom. The van der Waals surface area contributed by atoms with E-state index in [2.05, 4.69) is 70.9 Å². The van der Waals surface area contributed by atoms with Crippen LogP contribution in [0.1, 0.15) is 65.9 Å². The molecule has 1 aromatic heterocycles. The summed E-state index contributed by atoms with van der Waals surface area (Å²) in [5.41, 5.74) is 7.17. The van der Waals surface area contributed by atoms with Gasteiger partial charge in [-0.2, -0.15) is 0 Å². The highest BCUT2D eigenvalue weighted by molar-refractivity contribution is 7.19. The van der Waals surface area contributed by atoms with Crippen molar-refractivity contribution >= 4 is 34.0 Å². The van der Waals surface area contributed by atoms with Crippen LogP contribution in [0.5, 0.6) is 0 Å². The molecule has 0 spiro atoms. The van der Waals surface area contributed by atoms with Gasteiger partial charge in [-0.1, -0.05) is 116 Å². The lowest BCUT2D eigenvalue weighted by Crippen LogP contribution is -2.26. The van der Waals surface area contributed by atoms with E-state index in [4.69, 9.17) is 10.1 Å². The first kappa shape index (κ1) is 30.3. The van der Waals surface area contributed by atoms with E-state index in [1.54, 1.807) is 23.5 Å². The molecule has 1 fully saturated rings. The SMILES string of the molecule is O=C(O)CCNC(=O)c1ccc(CN(c2ccc(C3CCCCC3)cc2)c2nc(-c3ccccc3)c(-c3ccccc3)s2)cc1. The molecule has 2 N–H and O–H groups in total. The van der Waals surface area contributed by atoms with E-state index in [-0.39, 0.29) is 18.9 Å². The first-order valence-corrected chi connectivity index (χ1v) is 16.4. The van der Waals surface area contributed by atoms with Gasteiger partial charge >= 0.3 is 5.97 Å². The van der Waals surface area contributed by atoms with E-state index in [0.717, 1.165) is 38.1 Å². The summed E-state index contributed by atoms with van der Waals surface area (Å²) in [5, 5.41) is 12.4. The van der Waals surface area contributed by atoms with Crippen LogP contribution in [0.2, 0.25) is 0 Å². The third-order valence-corrected chi connectivity index (χ3v) is 9.52. The standard InChI is InChI=1S/C38H37N3O3S/c42-34(43)24-25-39-37(44)32-18-16-27(17-19-32)26-41(33-22-20-29(21-23-33)28-10-4-1-5-11-28)38-40-35(30-12-6-2-7-13-30)36(45-38)31-14-8-3-9-15-31/h2-3,6-9,12-23,28H,1,4-5,10-11,24-26H2,(H,39,44)(H,42,43). The Morgan fingerprint density at radius 3 is 2.09 bits per heavy atom. The minimum Gasteiger partial charge on any atom is -0.481 e. The number of nitrogens with one attached hydrogen (secondary N) is 1. The number of carbonyl (C=O) groups excluding carboxylic acids is 1. The van der Waals surface area contributed by atoms with Crippen LogP contribution in [-0.2, 0) is 11.3 Å². The van der Waals surface area contributed by atoms with Crippen LogP contribution >= 0.6 is 11.3 Å². The van der Waals surface area contributed by atoms with Gasteiger partial charge in [0.2, 0.25) is 0 Å². The number of rotatable bonds is 11. The van der Waals surface area contributed by atoms with E-state index < -0.39 is 5.97 Å². The fourth-order valence-electron chi connectivity index (χ4n) is 5.96. The minimum atomic E-state index is -0.939. The number of carboxylic acids is 1. The van der Waals surface area contributed by atoms with Crippen LogP contribution < -0.4 is 10.2 Å². The van der Waals surface area contributed by atoms with Gasteiger partial charge in [0.15, 0.2) is 5.13 Å². The van der Waals surface area contributed by atoms with Crippen molar-refractivity contribution in [3.63, 3.8) is 0 Å². The first-order chi connectivity index (χ1) is 22.0. The van der Waals surface area contributed by atoms with Crippen molar-refractivity contribution in [2.24, 2.45) is 0 Å².